The van der Waals surface area contributed by atoms with Crippen LogP contribution in [0.15, 0.2) is 41.4 Å². The van der Waals surface area contributed by atoms with E-state index in [1.54, 1.807) is 6.07 Å². The third kappa shape index (κ3) is 3.15. The molecule has 0 unspecified atom stereocenters. The van der Waals surface area contributed by atoms with Crippen molar-refractivity contribution in [3.63, 3.8) is 0 Å². The molecule has 100 valence electrons. The number of benzene rings is 1. The fourth-order valence-electron chi connectivity index (χ4n) is 1.44. The average molecular weight is 298 g/mol. The van der Waals surface area contributed by atoms with Gasteiger partial charge in [0.2, 0.25) is 0 Å². The van der Waals surface area contributed by atoms with Gasteiger partial charge in [0, 0.05) is 5.69 Å². The Morgan fingerprint density at radius 1 is 1.26 bits per heavy atom. The highest BCUT2D eigenvalue weighted by Gasteiger charge is 2.15. The van der Waals surface area contributed by atoms with Crippen molar-refractivity contribution in [3.8, 4) is 0 Å². The molecule has 1 aromatic carbocycles. The molecule has 0 bridgehead atoms. The average Bonchev–Trinajstić information content (AvgIpc) is 2.35. The number of hydrogen-bond acceptors (Lipinski definition) is 4. The van der Waals surface area contributed by atoms with Gasteiger partial charge in [0.05, 0.1) is 16.8 Å². The first-order valence-corrected chi connectivity index (χ1v) is 7.25. The van der Waals surface area contributed by atoms with E-state index in [2.05, 4.69) is 9.71 Å². The molecule has 0 saturated carbocycles. The molecule has 0 amide bonds. The van der Waals surface area contributed by atoms with Gasteiger partial charge in [-0.25, -0.2) is 13.4 Å². The Hall–Kier alpha value is -1.79. The fourth-order valence-corrected chi connectivity index (χ4v) is 2.63. The van der Waals surface area contributed by atoms with E-state index in [0.29, 0.717) is 16.5 Å². The molecule has 0 aliphatic heterocycles. The Bertz CT molecular complexity index is 699. The summed E-state index contributed by atoms with van der Waals surface area (Å²) in [5.41, 5.74) is 7.30. The van der Waals surface area contributed by atoms with E-state index in [1.807, 2.05) is 6.92 Å². The molecule has 19 heavy (non-hydrogen) atoms. The summed E-state index contributed by atoms with van der Waals surface area (Å²) in [6, 6.07) is 7.61. The van der Waals surface area contributed by atoms with Crippen LogP contribution in [0.5, 0.6) is 0 Å². The van der Waals surface area contributed by atoms with Crippen molar-refractivity contribution < 1.29 is 8.42 Å². The molecule has 1 aromatic heterocycles. The predicted octanol–water partition coefficient (Wildman–Crippen LogP) is 2.43. The van der Waals surface area contributed by atoms with E-state index < -0.39 is 10.0 Å². The molecule has 3 N–H and O–H groups in total. The zero-order chi connectivity index (χ0) is 14.0. The molecule has 0 atom stereocenters. The number of aromatic nitrogens is 1. The minimum absolute atomic E-state index is 0.102. The topological polar surface area (TPSA) is 85.1 Å². The van der Waals surface area contributed by atoms with Gasteiger partial charge in [-0.2, -0.15) is 0 Å². The van der Waals surface area contributed by atoms with Crippen LogP contribution in [-0.4, -0.2) is 13.4 Å². The number of nitrogen functional groups attached to an aromatic ring is 1. The van der Waals surface area contributed by atoms with Crippen molar-refractivity contribution in [1.82, 2.24) is 4.98 Å². The van der Waals surface area contributed by atoms with E-state index in [-0.39, 0.29) is 4.90 Å². The summed E-state index contributed by atoms with van der Waals surface area (Å²) in [7, 11) is -3.68. The number of hydrogen-bond donors (Lipinski definition) is 2. The van der Waals surface area contributed by atoms with Gasteiger partial charge < -0.3 is 5.73 Å². The Morgan fingerprint density at radius 2 is 2.00 bits per heavy atom. The third-order valence-corrected chi connectivity index (χ3v) is 4.14. The maximum Gasteiger partial charge on any atom is 0.262 e. The molecule has 7 heteroatoms. The quantitative estimate of drug-likeness (QED) is 0.673. The van der Waals surface area contributed by atoms with E-state index >= 15 is 0 Å². The number of nitrogens with zero attached hydrogens (tertiary/aromatic N) is 1. The number of halogens is 1. The molecule has 1 heterocycles. The van der Waals surface area contributed by atoms with Crippen LogP contribution in [-0.2, 0) is 10.0 Å². The zero-order valence-electron chi connectivity index (χ0n) is 10.1. The number of nitrogens with two attached hydrogens (primary N) is 1. The standard InChI is InChI=1S/C12H12ClN3O2S/c1-8-2-4-10(6-11(8)14)19(17,18)16-9-3-5-12(13)15-7-9/h2-7,16H,14H2,1H3. The van der Waals surface area contributed by atoms with Gasteiger partial charge in [-0.15, -0.1) is 0 Å². The van der Waals surface area contributed by atoms with Crippen LogP contribution < -0.4 is 10.5 Å². The molecular formula is C12H12ClN3O2S. The molecule has 0 spiro atoms. The highest BCUT2D eigenvalue weighted by molar-refractivity contribution is 7.92. The maximum absolute atomic E-state index is 12.1. The summed E-state index contributed by atoms with van der Waals surface area (Å²) in [6.45, 7) is 1.81. The number of pyridine rings is 1. The van der Waals surface area contributed by atoms with Crippen molar-refractivity contribution in [3.05, 3.63) is 47.2 Å². The van der Waals surface area contributed by atoms with Gasteiger partial charge in [0.25, 0.3) is 10.0 Å². The Morgan fingerprint density at radius 3 is 2.58 bits per heavy atom. The summed E-state index contributed by atoms with van der Waals surface area (Å²) in [6.07, 6.45) is 1.34. The first-order valence-electron chi connectivity index (χ1n) is 5.39. The van der Waals surface area contributed by atoms with Gasteiger partial charge in [-0.1, -0.05) is 17.7 Å². The zero-order valence-corrected chi connectivity index (χ0v) is 11.7. The smallest absolute Gasteiger partial charge is 0.262 e. The lowest BCUT2D eigenvalue weighted by molar-refractivity contribution is 0.601. The van der Waals surface area contributed by atoms with E-state index in [1.165, 1.54) is 30.5 Å². The summed E-state index contributed by atoms with van der Waals surface area (Å²) in [5, 5.41) is 0.294. The fraction of sp³-hybridized carbons (Fsp3) is 0.0833. The van der Waals surface area contributed by atoms with Crippen LogP contribution in [0.1, 0.15) is 5.56 Å². The van der Waals surface area contributed by atoms with Gasteiger partial charge in [-0.05, 0) is 36.8 Å². The van der Waals surface area contributed by atoms with Gasteiger partial charge in [0.1, 0.15) is 5.15 Å². The summed E-state index contributed by atoms with van der Waals surface area (Å²) >= 11 is 5.63. The number of sulfonamides is 1. The second-order valence-electron chi connectivity index (χ2n) is 3.99. The first kappa shape index (κ1) is 13.6. The number of nitrogens with one attached hydrogen (secondary N) is 1. The summed E-state index contributed by atoms with van der Waals surface area (Å²) in [4.78, 5) is 3.90. The number of anilines is 2. The van der Waals surface area contributed by atoms with Crippen molar-refractivity contribution >= 4 is 33.0 Å². The van der Waals surface area contributed by atoms with Gasteiger partial charge in [-0.3, -0.25) is 4.72 Å². The molecule has 2 aromatic rings. The van der Waals surface area contributed by atoms with Crippen molar-refractivity contribution in [2.45, 2.75) is 11.8 Å². The molecule has 2 rings (SSSR count). The first-order chi connectivity index (χ1) is 8.88. The van der Waals surface area contributed by atoms with E-state index in [0.717, 1.165) is 5.56 Å². The molecule has 0 saturated heterocycles. The highest BCUT2D eigenvalue weighted by Crippen LogP contribution is 2.20. The molecule has 0 fully saturated rings. The summed E-state index contributed by atoms with van der Waals surface area (Å²) in [5.74, 6) is 0. The second-order valence-corrected chi connectivity index (χ2v) is 6.06. The third-order valence-electron chi connectivity index (χ3n) is 2.54. The lowest BCUT2D eigenvalue weighted by Gasteiger charge is -2.09. The second kappa shape index (κ2) is 5.07. The van der Waals surface area contributed by atoms with Crippen molar-refractivity contribution in [2.75, 3.05) is 10.5 Å². The van der Waals surface area contributed by atoms with E-state index in [9.17, 15) is 8.42 Å². The molecule has 0 aliphatic carbocycles. The summed E-state index contributed by atoms with van der Waals surface area (Å²) < 4.78 is 26.6. The van der Waals surface area contributed by atoms with Crippen LogP contribution in [0.25, 0.3) is 0 Å². The highest BCUT2D eigenvalue weighted by atomic mass is 35.5. The predicted molar refractivity (Wildman–Crippen MR) is 75.6 cm³/mol. The van der Waals surface area contributed by atoms with Crippen LogP contribution >= 0.6 is 11.6 Å². The van der Waals surface area contributed by atoms with Crippen molar-refractivity contribution in [2.24, 2.45) is 0 Å². The minimum Gasteiger partial charge on any atom is -0.398 e. The van der Waals surface area contributed by atoms with Crippen LogP contribution in [0.4, 0.5) is 11.4 Å². The molecule has 0 radical (unpaired) electrons. The normalized spacial score (nSPS) is 11.3. The minimum atomic E-state index is -3.68. The SMILES string of the molecule is Cc1ccc(S(=O)(=O)Nc2ccc(Cl)nc2)cc1N. The molecule has 0 aliphatic rings. The maximum atomic E-state index is 12.1. The van der Waals surface area contributed by atoms with Crippen LogP contribution in [0, 0.1) is 6.92 Å². The van der Waals surface area contributed by atoms with Gasteiger partial charge >= 0.3 is 0 Å². The largest absolute Gasteiger partial charge is 0.398 e. The number of rotatable bonds is 3. The number of aryl methyl sites for hydroxylation is 1. The molecular weight excluding hydrogens is 286 g/mol. The van der Waals surface area contributed by atoms with Crippen LogP contribution in [0.2, 0.25) is 5.15 Å². The monoisotopic (exact) mass is 297 g/mol. The lowest BCUT2D eigenvalue weighted by Crippen LogP contribution is -2.13. The van der Waals surface area contributed by atoms with Gasteiger partial charge in [0.15, 0.2) is 0 Å². The van der Waals surface area contributed by atoms with E-state index in [4.69, 9.17) is 17.3 Å². The molecule has 5 nitrogen and oxygen atoms in total. The Kier molecular flexibility index (Phi) is 3.64. The Labute approximate surface area is 116 Å². The van der Waals surface area contributed by atoms with Crippen LogP contribution in [0.3, 0.4) is 0 Å². The lowest BCUT2D eigenvalue weighted by atomic mass is 10.2. The Balaban J connectivity index is 2.32. The van der Waals surface area contributed by atoms with Crippen molar-refractivity contribution in [1.29, 1.82) is 0 Å².